The lowest BCUT2D eigenvalue weighted by atomic mass is 9.58. The fourth-order valence-corrected chi connectivity index (χ4v) is 6.38. The number of fused-ring (bicyclic) bond motifs is 2. The van der Waals surface area contributed by atoms with Crippen LogP contribution >= 0.6 is 34.8 Å². The van der Waals surface area contributed by atoms with E-state index in [4.69, 9.17) is 34.8 Å². The quantitative estimate of drug-likeness (QED) is 0.350. The van der Waals surface area contributed by atoms with Crippen molar-refractivity contribution in [1.29, 1.82) is 0 Å². The number of piperidine rings is 1. The average Bonchev–Trinajstić information content (AvgIpc) is 3.12. The third-order valence-electron chi connectivity index (χ3n) is 7.36. The summed E-state index contributed by atoms with van der Waals surface area (Å²) in [6.07, 6.45) is 0.619. The van der Waals surface area contributed by atoms with Gasteiger partial charge in [0.05, 0.1) is 6.04 Å². The molecule has 36 heavy (non-hydrogen) atoms. The fourth-order valence-electron chi connectivity index (χ4n) is 5.89. The Morgan fingerprint density at radius 1 is 1.06 bits per heavy atom. The monoisotopic (exact) mass is 544 g/mol. The summed E-state index contributed by atoms with van der Waals surface area (Å²) in [5.41, 5.74) is 2.20. The summed E-state index contributed by atoms with van der Waals surface area (Å²) in [5, 5.41) is 4.01. The molecule has 3 atom stereocenters. The molecule has 186 valence electrons. The standard InChI is InChI=1S/C28H24Cl3FN2O2/c1-16-6-8-20(32)14-21(16)26-28(22-9-7-19(31)13-24(22)33-27(28)36)23(17-4-2-5-18(30)12-17)15-25(35)34(26)11-3-10-29/h2,4-9,12-14,23,26H,3,10-11,15H2,1H3,(H,33,36). The van der Waals surface area contributed by atoms with E-state index in [9.17, 15) is 14.0 Å². The molecule has 3 aromatic carbocycles. The molecule has 3 unspecified atom stereocenters. The van der Waals surface area contributed by atoms with E-state index in [-0.39, 0.29) is 18.2 Å². The molecule has 1 fully saturated rings. The van der Waals surface area contributed by atoms with Crippen molar-refractivity contribution >= 4 is 52.3 Å². The van der Waals surface area contributed by atoms with E-state index >= 15 is 0 Å². The van der Waals surface area contributed by atoms with Crippen LogP contribution in [-0.4, -0.2) is 29.1 Å². The maximum absolute atomic E-state index is 14.7. The highest BCUT2D eigenvalue weighted by Crippen LogP contribution is 2.60. The first-order valence-corrected chi connectivity index (χ1v) is 13.0. The number of halogens is 4. The van der Waals surface area contributed by atoms with Crippen LogP contribution in [0.2, 0.25) is 10.0 Å². The molecule has 2 heterocycles. The van der Waals surface area contributed by atoms with Crippen LogP contribution in [0.5, 0.6) is 0 Å². The van der Waals surface area contributed by atoms with E-state index in [1.807, 2.05) is 25.1 Å². The largest absolute Gasteiger partial charge is 0.334 e. The van der Waals surface area contributed by atoms with Gasteiger partial charge in [-0.25, -0.2) is 4.39 Å². The summed E-state index contributed by atoms with van der Waals surface area (Å²) in [6.45, 7) is 2.20. The van der Waals surface area contributed by atoms with E-state index in [1.165, 1.54) is 12.1 Å². The number of likely N-dealkylation sites (tertiary alicyclic amines) is 1. The Kier molecular flexibility index (Phi) is 6.75. The maximum Gasteiger partial charge on any atom is 0.238 e. The zero-order valence-corrected chi connectivity index (χ0v) is 21.8. The van der Waals surface area contributed by atoms with Crippen molar-refractivity contribution in [2.24, 2.45) is 0 Å². The number of alkyl halides is 1. The Balaban J connectivity index is 1.86. The van der Waals surface area contributed by atoms with Crippen molar-refractivity contribution in [2.45, 2.75) is 37.1 Å². The summed E-state index contributed by atoms with van der Waals surface area (Å²) in [5.74, 6) is -1.02. The molecule has 0 aromatic heterocycles. The zero-order valence-electron chi connectivity index (χ0n) is 19.5. The molecule has 1 saturated heterocycles. The van der Waals surface area contributed by atoms with Gasteiger partial charge in [-0.2, -0.15) is 0 Å². The van der Waals surface area contributed by atoms with Gasteiger partial charge in [0, 0.05) is 40.5 Å². The van der Waals surface area contributed by atoms with Crippen molar-refractivity contribution in [3.63, 3.8) is 0 Å². The number of rotatable bonds is 5. The van der Waals surface area contributed by atoms with E-state index in [0.717, 1.165) is 16.7 Å². The normalized spacial score (nSPS) is 23.2. The lowest BCUT2D eigenvalue weighted by Crippen LogP contribution is -2.58. The first-order valence-electron chi connectivity index (χ1n) is 11.8. The summed E-state index contributed by atoms with van der Waals surface area (Å²) in [6, 6.07) is 16.3. The number of hydrogen-bond donors (Lipinski definition) is 1. The molecule has 0 aliphatic carbocycles. The van der Waals surface area contributed by atoms with Gasteiger partial charge in [-0.05, 0) is 72.0 Å². The topological polar surface area (TPSA) is 49.4 Å². The van der Waals surface area contributed by atoms with Crippen LogP contribution in [0.15, 0.2) is 60.7 Å². The minimum atomic E-state index is -1.25. The van der Waals surface area contributed by atoms with Gasteiger partial charge < -0.3 is 10.2 Å². The smallest absolute Gasteiger partial charge is 0.238 e. The Morgan fingerprint density at radius 3 is 2.58 bits per heavy atom. The van der Waals surface area contributed by atoms with Crippen LogP contribution in [0.25, 0.3) is 0 Å². The Bertz CT molecular complexity index is 1360. The summed E-state index contributed by atoms with van der Waals surface area (Å²) in [4.78, 5) is 29.7. The minimum Gasteiger partial charge on any atom is -0.334 e. The van der Waals surface area contributed by atoms with Gasteiger partial charge in [0.15, 0.2) is 0 Å². The van der Waals surface area contributed by atoms with Gasteiger partial charge in [0.2, 0.25) is 11.8 Å². The van der Waals surface area contributed by atoms with E-state index in [0.29, 0.717) is 40.1 Å². The number of carbonyl (C=O) groups excluding carboxylic acids is 2. The van der Waals surface area contributed by atoms with Crippen molar-refractivity contribution < 1.29 is 14.0 Å². The van der Waals surface area contributed by atoms with Crippen molar-refractivity contribution in [3.8, 4) is 0 Å². The fraction of sp³-hybridized carbons (Fsp3) is 0.286. The zero-order chi connectivity index (χ0) is 25.6. The molecule has 1 spiro atoms. The van der Waals surface area contributed by atoms with Crippen LogP contribution in [0.3, 0.4) is 0 Å². The summed E-state index contributed by atoms with van der Waals surface area (Å²) >= 11 is 18.7. The van der Waals surface area contributed by atoms with Gasteiger partial charge in [-0.3, -0.25) is 9.59 Å². The number of nitrogens with zero attached hydrogens (tertiary/aromatic N) is 1. The number of aryl methyl sites for hydroxylation is 1. The molecule has 5 rings (SSSR count). The van der Waals surface area contributed by atoms with Crippen LogP contribution in [0.4, 0.5) is 10.1 Å². The SMILES string of the molecule is Cc1ccc(F)cc1C1N(CCCCl)C(=O)CC(c2cccc(Cl)c2)C12C(=O)Nc1cc(Cl)ccc12. The molecule has 8 heteroatoms. The molecular weight excluding hydrogens is 522 g/mol. The first kappa shape index (κ1) is 25.1. The molecule has 0 radical (unpaired) electrons. The molecule has 1 N–H and O–H groups in total. The molecule has 2 aliphatic rings. The van der Waals surface area contributed by atoms with Crippen molar-refractivity contribution in [3.05, 3.63) is 98.8 Å². The number of carbonyl (C=O) groups is 2. The Morgan fingerprint density at radius 2 is 1.83 bits per heavy atom. The molecule has 3 aromatic rings. The molecule has 2 amide bonds. The van der Waals surface area contributed by atoms with Crippen LogP contribution in [-0.2, 0) is 15.0 Å². The predicted molar refractivity (Wildman–Crippen MR) is 141 cm³/mol. The van der Waals surface area contributed by atoms with Crippen LogP contribution < -0.4 is 5.32 Å². The number of nitrogens with one attached hydrogen (secondary N) is 1. The second-order valence-electron chi connectivity index (χ2n) is 9.36. The highest BCUT2D eigenvalue weighted by Gasteiger charge is 2.63. The van der Waals surface area contributed by atoms with Crippen LogP contribution in [0.1, 0.15) is 47.1 Å². The molecule has 0 bridgehead atoms. The predicted octanol–water partition coefficient (Wildman–Crippen LogP) is 7.02. The van der Waals surface area contributed by atoms with Gasteiger partial charge in [0.25, 0.3) is 0 Å². The maximum atomic E-state index is 14.7. The van der Waals surface area contributed by atoms with E-state index in [1.54, 1.807) is 35.2 Å². The van der Waals surface area contributed by atoms with Crippen molar-refractivity contribution in [1.82, 2.24) is 4.90 Å². The van der Waals surface area contributed by atoms with Crippen LogP contribution in [0, 0.1) is 12.7 Å². The molecule has 4 nitrogen and oxygen atoms in total. The summed E-state index contributed by atoms with van der Waals surface area (Å²) in [7, 11) is 0. The lowest BCUT2D eigenvalue weighted by Gasteiger charge is -2.52. The Labute approximate surface area is 224 Å². The summed E-state index contributed by atoms with van der Waals surface area (Å²) < 4.78 is 14.7. The molecule has 2 aliphatic heterocycles. The number of anilines is 1. The first-order chi connectivity index (χ1) is 17.3. The highest BCUT2D eigenvalue weighted by molar-refractivity contribution is 6.31. The number of benzene rings is 3. The minimum absolute atomic E-state index is 0.0863. The second kappa shape index (κ2) is 9.70. The lowest BCUT2D eigenvalue weighted by molar-refractivity contribution is -0.145. The molecule has 0 saturated carbocycles. The van der Waals surface area contributed by atoms with Gasteiger partial charge in [0.1, 0.15) is 11.2 Å². The number of hydrogen-bond acceptors (Lipinski definition) is 2. The Hall–Kier alpha value is -2.60. The molecular formula is C28H24Cl3FN2O2. The average molecular weight is 546 g/mol. The van der Waals surface area contributed by atoms with Gasteiger partial charge >= 0.3 is 0 Å². The third kappa shape index (κ3) is 3.98. The van der Waals surface area contributed by atoms with Crippen molar-refractivity contribution in [2.75, 3.05) is 17.7 Å². The second-order valence-corrected chi connectivity index (χ2v) is 10.6. The number of amides is 2. The van der Waals surface area contributed by atoms with Gasteiger partial charge in [-0.15, -0.1) is 11.6 Å². The highest BCUT2D eigenvalue weighted by atomic mass is 35.5. The van der Waals surface area contributed by atoms with Gasteiger partial charge in [-0.1, -0.05) is 47.5 Å². The van der Waals surface area contributed by atoms with E-state index in [2.05, 4.69) is 5.32 Å². The third-order valence-corrected chi connectivity index (χ3v) is 8.10. The van der Waals surface area contributed by atoms with E-state index < -0.39 is 23.2 Å².